The summed E-state index contributed by atoms with van der Waals surface area (Å²) in [7, 11) is 0. The molecule has 1 N–H and O–H groups in total. The molecule has 1 unspecified atom stereocenters. The number of carbonyl (C=O) groups is 2. The Hall–Kier alpha value is -2.70. The number of aliphatic carboxylic acids is 1. The molecule has 0 spiro atoms. The molecule has 33 heavy (non-hydrogen) atoms. The maximum Gasteiger partial charge on any atom is 0.307 e. The van der Waals surface area contributed by atoms with E-state index in [1.54, 1.807) is 0 Å². The summed E-state index contributed by atoms with van der Waals surface area (Å²) < 4.78 is 16.8. The minimum absolute atomic E-state index is 0.0243. The lowest BCUT2D eigenvalue weighted by Crippen LogP contribution is -2.23. The van der Waals surface area contributed by atoms with Crippen molar-refractivity contribution < 1.29 is 28.9 Å². The van der Waals surface area contributed by atoms with Crippen molar-refractivity contribution in [2.45, 2.75) is 57.2 Å². The molecule has 4 rings (SSSR count). The van der Waals surface area contributed by atoms with Crippen LogP contribution in [0.3, 0.4) is 0 Å². The molecule has 176 valence electrons. The summed E-state index contributed by atoms with van der Waals surface area (Å²) in [4.78, 5) is 24.2. The van der Waals surface area contributed by atoms with Gasteiger partial charge in [-0.3, -0.25) is 9.59 Å². The topological polar surface area (TPSA) is 82.1 Å². The van der Waals surface area contributed by atoms with Crippen LogP contribution in [-0.2, 0) is 23.8 Å². The molecule has 0 radical (unpaired) electrons. The first-order chi connectivity index (χ1) is 16.1. The van der Waals surface area contributed by atoms with Gasteiger partial charge in [0.25, 0.3) is 0 Å². The Morgan fingerprint density at radius 3 is 2.33 bits per heavy atom. The van der Waals surface area contributed by atoms with Gasteiger partial charge < -0.3 is 19.3 Å². The maximum absolute atomic E-state index is 12.5. The van der Waals surface area contributed by atoms with Gasteiger partial charge >= 0.3 is 11.9 Å². The first-order valence-corrected chi connectivity index (χ1v) is 11.9. The lowest BCUT2D eigenvalue weighted by molar-refractivity contribution is -0.163. The first kappa shape index (κ1) is 23.5. The summed E-state index contributed by atoms with van der Waals surface area (Å²) in [6.07, 6.45) is 4.72. The third-order valence-electron chi connectivity index (χ3n) is 6.52. The van der Waals surface area contributed by atoms with Crippen molar-refractivity contribution in [1.29, 1.82) is 0 Å². The molecule has 2 atom stereocenters. The van der Waals surface area contributed by atoms with E-state index in [-0.39, 0.29) is 25.2 Å². The highest BCUT2D eigenvalue weighted by molar-refractivity contribution is 5.80. The fourth-order valence-electron chi connectivity index (χ4n) is 4.74. The van der Waals surface area contributed by atoms with E-state index < -0.39 is 17.9 Å². The Morgan fingerprint density at radius 1 is 1.00 bits per heavy atom. The summed E-state index contributed by atoms with van der Waals surface area (Å²) in [5.41, 5.74) is 4.61. The quantitative estimate of drug-likeness (QED) is 0.375. The standard InChI is InChI=1S/C27H32O6/c28-25(17-19(27(29)30)9-5-7-15-31-26-14-6-8-16-32-26)33-18-24-22-12-3-1-10-20(22)21-11-2-4-13-23(21)24/h1-4,10-13,19,24,26H,5-9,14-18H2,(H,29,30)/t19-,26?/m1/s1. The van der Waals surface area contributed by atoms with Crippen molar-refractivity contribution in [3.8, 4) is 11.1 Å². The molecular formula is C27H32O6. The second-order valence-electron chi connectivity index (χ2n) is 8.81. The fraction of sp³-hybridized carbons (Fsp3) is 0.481. The number of ether oxygens (including phenoxy) is 3. The van der Waals surface area contributed by atoms with Crippen LogP contribution in [0.2, 0.25) is 0 Å². The zero-order chi connectivity index (χ0) is 23.0. The summed E-state index contributed by atoms with van der Waals surface area (Å²) in [5, 5.41) is 9.56. The van der Waals surface area contributed by atoms with Crippen molar-refractivity contribution in [3.05, 3.63) is 59.7 Å². The zero-order valence-electron chi connectivity index (χ0n) is 18.9. The fourth-order valence-corrected chi connectivity index (χ4v) is 4.74. The molecule has 1 aliphatic heterocycles. The number of carboxylic acid groups (broad SMARTS) is 1. The van der Waals surface area contributed by atoms with E-state index in [9.17, 15) is 14.7 Å². The Balaban J connectivity index is 1.23. The van der Waals surface area contributed by atoms with Gasteiger partial charge in [0.05, 0.1) is 12.3 Å². The number of hydrogen-bond acceptors (Lipinski definition) is 5. The van der Waals surface area contributed by atoms with E-state index in [1.807, 2.05) is 24.3 Å². The molecule has 0 bridgehead atoms. The van der Waals surface area contributed by atoms with E-state index >= 15 is 0 Å². The second kappa shape index (κ2) is 11.4. The molecule has 2 aliphatic rings. The largest absolute Gasteiger partial charge is 0.481 e. The van der Waals surface area contributed by atoms with Crippen molar-refractivity contribution in [3.63, 3.8) is 0 Å². The monoisotopic (exact) mass is 452 g/mol. The average molecular weight is 453 g/mol. The van der Waals surface area contributed by atoms with E-state index in [1.165, 1.54) is 11.1 Å². The summed E-state index contributed by atoms with van der Waals surface area (Å²) in [5.74, 6) is -2.19. The van der Waals surface area contributed by atoms with Crippen LogP contribution in [0.1, 0.15) is 62.0 Å². The van der Waals surface area contributed by atoms with Crippen LogP contribution in [0.15, 0.2) is 48.5 Å². The van der Waals surface area contributed by atoms with Crippen molar-refractivity contribution >= 4 is 11.9 Å². The van der Waals surface area contributed by atoms with Gasteiger partial charge in [0.1, 0.15) is 6.61 Å². The van der Waals surface area contributed by atoms with Crippen molar-refractivity contribution in [1.82, 2.24) is 0 Å². The minimum Gasteiger partial charge on any atom is -0.481 e. The molecule has 1 aliphatic carbocycles. The predicted octanol–water partition coefficient (Wildman–Crippen LogP) is 5.15. The molecule has 2 aromatic rings. The van der Waals surface area contributed by atoms with E-state index in [4.69, 9.17) is 14.2 Å². The summed E-state index contributed by atoms with van der Waals surface area (Å²) in [6, 6.07) is 16.3. The van der Waals surface area contributed by atoms with Crippen LogP contribution in [0.5, 0.6) is 0 Å². The predicted molar refractivity (Wildman–Crippen MR) is 124 cm³/mol. The van der Waals surface area contributed by atoms with Crippen molar-refractivity contribution in [2.24, 2.45) is 5.92 Å². The van der Waals surface area contributed by atoms with Gasteiger partial charge in [-0.05, 0) is 54.4 Å². The maximum atomic E-state index is 12.5. The van der Waals surface area contributed by atoms with Gasteiger partial charge in [0, 0.05) is 19.1 Å². The molecule has 0 saturated carbocycles. The number of fused-ring (bicyclic) bond motifs is 3. The highest BCUT2D eigenvalue weighted by Crippen LogP contribution is 2.44. The summed E-state index contributed by atoms with van der Waals surface area (Å²) >= 11 is 0. The van der Waals surface area contributed by atoms with E-state index in [0.29, 0.717) is 19.4 Å². The van der Waals surface area contributed by atoms with Crippen LogP contribution in [0.25, 0.3) is 11.1 Å². The van der Waals surface area contributed by atoms with Gasteiger partial charge in [-0.1, -0.05) is 55.0 Å². The van der Waals surface area contributed by atoms with Crippen LogP contribution in [0, 0.1) is 5.92 Å². The lowest BCUT2D eigenvalue weighted by Gasteiger charge is -2.22. The van der Waals surface area contributed by atoms with Crippen LogP contribution in [0.4, 0.5) is 0 Å². The third-order valence-corrected chi connectivity index (χ3v) is 6.52. The Labute approximate surface area is 194 Å². The molecule has 1 heterocycles. The Kier molecular flexibility index (Phi) is 8.13. The summed E-state index contributed by atoms with van der Waals surface area (Å²) in [6.45, 7) is 1.50. The van der Waals surface area contributed by atoms with Crippen LogP contribution < -0.4 is 0 Å². The molecule has 2 aromatic carbocycles. The molecule has 0 aromatic heterocycles. The molecule has 0 amide bonds. The zero-order valence-corrected chi connectivity index (χ0v) is 18.9. The minimum atomic E-state index is -0.958. The Morgan fingerprint density at radius 2 is 1.70 bits per heavy atom. The number of carbonyl (C=O) groups excluding carboxylic acids is 1. The van der Waals surface area contributed by atoms with Gasteiger partial charge in [0.2, 0.25) is 0 Å². The van der Waals surface area contributed by atoms with Gasteiger partial charge in [-0.25, -0.2) is 0 Å². The highest BCUT2D eigenvalue weighted by atomic mass is 16.7. The molecular weight excluding hydrogens is 420 g/mol. The van der Waals surface area contributed by atoms with Gasteiger partial charge in [-0.2, -0.15) is 0 Å². The van der Waals surface area contributed by atoms with E-state index in [2.05, 4.69) is 24.3 Å². The number of benzene rings is 2. The smallest absolute Gasteiger partial charge is 0.307 e. The SMILES string of the molecule is O=C(C[C@@H](CCCCOC1CCCCO1)C(=O)O)OCC1c2ccccc2-c2ccccc21. The molecule has 6 heteroatoms. The lowest BCUT2D eigenvalue weighted by atomic mass is 9.97. The average Bonchev–Trinajstić information content (AvgIpc) is 3.16. The Bertz CT molecular complexity index is 904. The van der Waals surface area contributed by atoms with Crippen LogP contribution >= 0.6 is 0 Å². The number of carboxylic acids is 1. The van der Waals surface area contributed by atoms with Gasteiger partial charge in [0.15, 0.2) is 6.29 Å². The number of rotatable bonds is 11. The van der Waals surface area contributed by atoms with Gasteiger partial charge in [-0.15, -0.1) is 0 Å². The number of esters is 1. The van der Waals surface area contributed by atoms with Crippen LogP contribution in [-0.4, -0.2) is 43.2 Å². The van der Waals surface area contributed by atoms with Crippen molar-refractivity contribution in [2.75, 3.05) is 19.8 Å². The number of hydrogen-bond donors (Lipinski definition) is 1. The normalized spacial score (nSPS) is 18.4. The van der Waals surface area contributed by atoms with E-state index in [0.717, 1.165) is 43.4 Å². The molecule has 1 saturated heterocycles. The molecule has 1 fully saturated rings. The third kappa shape index (κ3) is 6.01. The molecule has 6 nitrogen and oxygen atoms in total. The first-order valence-electron chi connectivity index (χ1n) is 11.9. The number of unbranched alkanes of at least 4 members (excludes halogenated alkanes) is 1. The second-order valence-corrected chi connectivity index (χ2v) is 8.81. The highest BCUT2D eigenvalue weighted by Gasteiger charge is 2.30.